The van der Waals surface area contributed by atoms with Crippen molar-refractivity contribution in [1.82, 2.24) is 4.98 Å². The van der Waals surface area contributed by atoms with Gasteiger partial charge in [0.05, 0.1) is 44.1 Å². The lowest BCUT2D eigenvalue weighted by Crippen LogP contribution is -3.16. The number of carbonyl (C=O) groups is 1. The zero-order chi connectivity index (χ0) is 16.7. The van der Waals surface area contributed by atoms with Gasteiger partial charge in [-0.3, -0.25) is 0 Å². The first-order valence-corrected chi connectivity index (χ1v) is 9.13. The SMILES string of the molecule is CCC[NH+]1CCC2(CC1)[NH2+][C@H](C(=O)[O-])Cc1c2[nH]c2ccccc12. The number of rotatable bonds is 3. The molecular weight excluding hydrogens is 302 g/mol. The number of aliphatic carboxylic acids is 1. The predicted octanol–water partition coefficient (Wildman–Crippen LogP) is -1.31. The number of fused-ring (bicyclic) bond motifs is 4. The molecule has 0 saturated carbocycles. The minimum atomic E-state index is -0.936. The Hall–Kier alpha value is -1.85. The Kier molecular flexibility index (Phi) is 3.85. The summed E-state index contributed by atoms with van der Waals surface area (Å²) in [5.74, 6) is -0.936. The van der Waals surface area contributed by atoms with Crippen molar-refractivity contribution in [3.05, 3.63) is 35.5 Å². The van der Waals surface area contributed by atoms with Gasteiger partial charge in [-0.1, -0.05) is 25.1 Å². The molecule has 1 atom stereocenters. The summed E-state index contributed by atoms with van der Waals surface area (Å²) in [5, 5.41) is 14.9. The van der Waals surface area contributed by atoms with Crippen molar-refractivity contribution >= 4 is 16.9 Å². The van der Waals surface area contributed by atoms with Gasteiger partial charge in [0.1, 0.15) is 11.6 Å². The number of quaternary nitrogens is 2. The molecule has 4 rings (SSSR count). The number of carboxylic acids is 1. The minimum absolute atomic E-state index is 0.130. The van der Waals surface area contributed by atoms with Gasteiger partial charge in [0.25, 0.3) is 0 Å². The molecule has 24 heavy (non-hydrogen) atoms. The van der Waals surface area contributed by atoms with Crippen molar-refractivity contribution in [1.29, 1.82) is 0 Å². The number of carboxylic acid groups (broad SMARTS) is 1. The highest BCUT2D eigenvalue weighted by Crippen LogP contribution is 2.35. The summed E-state index contributed by atoms with van der Waals surface area (Å²) in [6, 6.07) is 7.78. The molecule has 4 N–H and O–H groups in total. The molecule has 0 unspecified atom stereocenters. The van der Waals surface area contributed by atoms with Crippen LogP contribution in [-0.2, 0) is 16.8 Å². The van der Waals surface area contributed by atoms with E-state index in [0.717, 1.165) is 31.4 Å². The predicted molar refractivity (Wildman–Crippen MR) is 89.5 cm³/mol. The molecule has 128 valence electrons. The van der Waals surface area contributed by atoms with E-state index in [1.807, 2.05) is 12.1 Å². The minimum Gasteiger partial charge on any atom is -0.544 e. The van der Waals surface area contributed by atoms with Crippen LogP contribution < -0.4 is 15.3 Å². The number of nitrogens with two attached hydrogens (primary N) is 1. The lowest BCUT2D eigenvalue weighted by molar-refractivity contribution is -0.921. The van der Waals surface area contributed by atoms with Gasteiger partial charge in [-0.15, -0.1) is 0 Å². The van der Waals surface area contributed by atoms with Gasteiger partial charge in [-0.2, -0.15) is 0 Å². The van der Waals surface area contributed by atoms with Gasteiger partial charge in [0, 0.05) is 17.3 Å². The van der Waals surface area contributed by atoms with Gasteiger partial charge in [0.2, 0.25) is 0 Å². The van der Waals surface area contributed by atoms with Crippen LogP contribution in [0.1, 0.15) is 37.4 Å². The lowest BCUT2D eigenvalue weighted by atomic mass is 9.77. The van der Waals surface area contributed by atoms with E-state index in [2.05, 4.69) is 29.4 Å². The van der Waals surface area contributed by atoms with Crippen molar-refractivity contribution in [3.8, 4) is 0 Å². The first-order valence-electron chi connectivity index (χ1n) is 9.13. The zero-order valence-corrected chi connectivity index (χ0v) is 14.2. The van der Waals surface area contributed by atoms with Crippen LogP contribution in [0.2, 0.25) is 0 Å². The Bertz CT molecular complexity index is 759. The highest BCUT2D eigenvalue weighted by atomic mass is 16.4. The van der Waals surface area contributed by atoms with Crippen molar-refractivity contribution in [2.75, 3.05) is 19.6 Å². The molecule has 1 spiro atoms. The van der Waals surface area contributed by atoms with Crippen LogP contribution >= 0.6 is 0 Å². The van der Waals surface area contributed by atoms with Gasteiger partial charge in [-0.05, 0) is 18.1 Å². The number of piperidine rings is 1. The zero-order valence-electron chi connectivity index (χ0n) is 14.2. The van der Waals surface area contributed by atoms with E-state index < -0.39 is 12.0 Å². The fourth-order valence-corrected chi connectivity index (χ4v) is 4.81. The third-order valence-corrected chi connectivity index (χ3v) is 6.01. The molecule has 0 bridgehead atoms. The second kappa shape index (κ2) is 5.90. The second-order valence-electron chi connectivity index (χ2n) is 7.48. The summed E-state index contributed by atoms with van der Waals surface area (Å²) in [6.07, 6.45) is 3.79. The first kappa shape index (κ1) is 15.7. The second-order valence-corrected chi connectivity index (χ2v) is 7.48. The quantitative estimate of drug-likeness (QED) is 0.654. The monoisotopic (exact) mass is 328 g/mol. The molecule has 1 fully saturated rings. The number of aromatic amines is 1. The Morgan fingerprint density at radius 2 is 2.12 bits per heavy atom. The maximum absolute atomic E-state index is 11.7. The molecule has 0 aliphatic carbocycles. The Balaban J connectivity index is 1.76. The summed E-state index contributed by atoms with van der Waals surface area (Å²) in [4.78, 5) is 16.9. The third-order valence-electron chi connectivity index (χ3n) is 6.01. The summed E-state index contributed by atoms with van der Waals surface area (Å²) >= 11 is 0. The summed E-state index contributed by atoms with van der Waals surface area (Å²) in [5.41, 5.74) is 3.45. The van der Waals surface area contributed by atoms with E-state index in [-0.39, 0.29) is 5.54 Å². The number of aromatic nitrogens is 1. The van der Waals surface area contributed by atoms with Gasteiger partial charge >= 0.3 is 0 Å². The summed E-state index contributed by atoms with van der Waals surface area (Å²) in [7, 11) is 0. The summed E-state index contributed by atoms with van der Waals surface area (Å²) < 4.78 is 0. The molecule has 2 aliphatic rings. The largest absolute Gasteiger partial charge is 0.544 e. The molecule has 2 aliphatic heterocycles. The lowest BCUT2D eigenvalue weighted by Gasteiger charge is -2.42. The van der Waals surface area contributed by atoms with Gasteiger partial charge in [0.15, 0.2) is 0 Å². The Morgan fingerprint density at radius 1 is 1.38 bits per heavy atom. The highest BCUT2D eigenvalue weighted by molar-refractivity contribution is 5.86. The number of likely N-dealkylation sites (tertiary alicyclic amines) is 1. The number of benzene rings is 1. The fraction of sp³-hybridized carbons (Fsp3) is 0.526. The van der Waals surface area contributed by atoms with E-state index in [0.29, 0.717) is 6.42 Å². The first-order chi connectivity index (χ1) is 11.6. The van der Waals surface area contributed by atoms with E-state index in [1.165, 1.54) is 29.6 Å². The normalized spacial score (nSPS) is 29.7. The number of hydrogen-bond acceptors (Lipinski definition) is 2. The number of H-pyrrole nitrogens is 1. The molecule has 5 nitrogen and oxygen atoms in total. The Labute approximate surface area is 142 Å². The third kappa shape index (κ3) is 2.43. The Morgan fingerprint density at radius 3 is 2.83 bits per heavy atom. The molecule has 1 saturated heterocycles. The number of para-hydroxylation sites is 1. The van der Waals surface area contributed by atoms with Gasteiger partial charge in [-0.25, -0.2) is 0 Å². The topological polar surface area (TPSA) is 77.0 Å². The van der Waals surface area contributed by atoms with E-state index in [9.17, 15) is 9.90 Å². The van der Waals surface area contributed by atoms with Crippen LogP contribution in [0.4, 0.5) is 0 Å². The van der Waals surface area contributed by atoms with Crippen LogP contribution in [0, 0.1) is 0 Å². The van der Waals surface area contributed by atoms with Crippen LogP contribution in [0.25, 0.3) is 10.9 Å². The van der Waals surface area contributed by atoms with Crippen molar-refractivity contribution in [2.45, 2.75) is 44.2 Å². The van der Waals surface area contributed by atoms with Crippen molar-refractivity contribution in [2.24, 2.45) is 0 Å². The maximum Gasteiger partial charge on any atom is 0.148 e. The standard InChI is InChI=1S/C19H25N3O2/c1-2-9-22-10-7-19(8-11-22)17-14(12-16(21-19)18(23)24)13-5-3-4-6-15(13)20-17/h3-6,16,20-21H,2,7-12H2,1H3,(H,23,24)/p+1/t16-/m0/s1. The highest BCUT2D eigenvalue weighted by Gasteiger charge is 2.49. The fourth-order valence-electron chi connectivity index (χ4n) is 4.81. The van der Waals surface area contributed by atoms with E-state index >= 15 is 0 Å². The van der Waals surface area contributed by atoms with Crippen molar-refractivity contribution in [3.63, 3.8) is 0 Å². The number of carbonyl (C=O) groups excluding carboxylic acids is 1. The smallest absolute Gasteiger partial charge is 0.148 e. The molecule has 1 aromatic carbocycles. The maximum atomic E-state index is 11.7. The van der Waals surface area contributed by atoms with Gasteiger partial charge < -0.3 is 25.1 Å². The number of hydrogen-bond donors (Lipinski definition) is 3. The number of nitrogens with one attached hydrogen (secondary N) is 2. The van der Waals surface area contributed by atoms with Crippen LogP contribution in [0.3, 0.4) is 0 Å². The van der Waals surface area contributed by atoms with E-state index in [1.54, 1.807) is 4.90 Å². The molecule has 3 heterocycles. The summed E-state index contributed by atoms with van der Waals surface area (Å²) in [6.45, 7) is 5.66. The molecular formula is C19H26N3O2+. The van der Waals surface area contributed by atoms with Crippen molar-refractivity contribution < 1.29 is 20.1 Å². The molecule has 2 aromatic rings. The molecule has 1 aromatic heterocycles. The molecule has 0 radical (unpaired) electrons. The van der Waals surface area contributed by atoms with Crippen LogP contribution in [0.15, 0.2) is 24.3 Å². The molecule has 0 amide bonds. The van der Waals surface area contributed by atoms with E-state index in [4.69, 9.17) is 0 Å². The average molecular weight is 328 g/mol. The van der Waals surface area contributed by atoms with Crippen LogP contribution in [0.5, 0.6) is 0 Å². The van der Waals surface area contributed by atoms with Crippen LogP contribution in [-0.4, -0.2) is 36.6 Å². The average Bonchev–Trinajstić information content (AvgIpc) is 2.97. The molecule has 5 heteroatoms.